The first-order valence-corrected chi connectivity index (χ1v) is 11.4. The standard InChI is InChI=1S/C22H50N4/c1-9-14-16-18-20-24-22(8,26(13-5)25(11-3)12-4)21(6,7)23-19-17-15-10-2/h23-24H,9-20H2,1-8H3. The third-order valence-electron chi connectivity index (χ3n) is 5.95. The Morgan fingerprint density at radius 2 is 1.12 bits per heavy atom. The number of hydrogen-bond donors (Lipinski definition) is 2. The molecule has 0 rings (SSSR count). The van der Waals surface area contributed by atoms with Gasteiger partial charge in [-0.25, -0.2) is 10.0 Å². The molecule has 4 heteroatoms. The summed E-state index contributed by atoms with van der Waals surface area (Å²) >= 11 is 0. The average Bonchev–Trinajstić information content (AvgIpc) is 2.62. The molecule has 1 atom stereocenters. The zero-order chi connectivity index (χ0) is 20.1. The molecule has 0 aliphatic rings. The van der Waals surface area contributed by atoms with Crippen LogP contribution in [0.15, 0.2) is 0 Å². The van der Waals surface area contributed by atoms with Crippen LogP contribution in [0.25, 0.3) is 0 Å². The van der Waals surface area contributed by atoms with Crippen molar-refractivity contribution in [3.63, 3.8) is 0 Å². The van der Waals surface area contributed by atoms with E-state index in [-0.39, 0.29) is 11.2 Å². The van der Waals surface area contributed by atoms with E-state index in [1.165, 1.54) is 44.9 Å². The minimum atomic E-state index is -0.119. The van der Waals surface area contributed by atoms with Gasteiger partial charge in [-0.3, -0.25) is 5.32 Å². The number of likely N-dealkylation sites (N-methyl/N-ethyl adjacent to an activating group) is 1. The van der Waals surface area contributed by atoms with Crippen LogP contribution < -0.4 is 10.6 Å². The van der Waals surface area contributed by atoms with Crippen LogP contribution >= 0.6 is 0 Å². The molecule has 0 saturated heterocycles. The van der Waals surface area contributed by atoms with E-state index in [4.69, 9.17) is 0 Å². The average molecular weight is 371 g/mol. The summed E-state index contributed by atoms with van der Waals surface area (Å²) in [4.78, 5) is 0. The van der Waals surface area contributed by atoms with Gasteiger partial charge in [0.1, 0.15) is 0 Å². The van der Waals surface area contributed by atoms with Gasteiger partial charge in [0.25, 0.3) is 0 Å². The van der Waals surface area contributed by atoms with Crippen LogP contribution in [0.3, 0.4) is 0 Å². The summed E-state index contributed by atoms with van der Waals surface area (Å²) in [6.45, 7) is 23.7. The maximum absolute atomic E-state index is 3.96. The van der Waals surface area contributed by atoms with Crippen molar-refractivity contribution in [2.75, 3.05) is 32.7 Å². The lowest BCUT2D eigenvalue weighted by atomic mass is 9.87. The number of hydrazine groups is 1. The second kappa shape index (κ2) is 13.9. The van der Waals surface area contributed by atoms with Crippen LogP contribution in [0.5, 0.6) is 0 Å². The van der Waals surface area contributed by atoms with Crippen molar-refractivity contribution in [3.8, 4) is 0 Å². The first-order valence-electron chi connectivity index (χ1n) is 11.4. The molecule has 0 aromatic rings. The first-order chi connectivity index (χ1) is 12.3. The highest BCUT2D eigenvalue weighted by molar-refractivity contribution is 5.01. The van der Waals surface area contributed by atoms with Gasteiger partial charge in [0.05, 0.1) is 5.66 Å². The second-order valence-electron chi connectivity index (χ2n) is 8.17. The van der Waals surface area contributed by atoms with Crippen molar-refractivity contribution in [2.24, 2.45) is 0 Å². The molecule has 158 valence electrons. The van der Waals surface area contributed by atoms with Crippen LogP contribution in [-0.2, 0) is 0 Å². The van der Waals surface area contributed by atoms with Crippen LogP contribution in [0.2, 0.25) is 0 Å². The molecule has 2 N–H and O–H groups in total. The molecule has 0 saturated carbocycles. The Morgan fingerprint density at radius 1 is 0.615 bits per heavy atom. The van der Waals surface area contributed by atoms with E-state index in [0.29, 0.717) is 0 Å². The molecule has 0 heterocycles. The molecule has 4 nitrogen and oxygen atoms in total. The SMILES string of the molecule is CCCCCCNC(C)(N(CC)N(CC)CC)C(C)(C)NCCCCC. The largest absolute Gasteiger partial charge is 0.309 e. The summed E-state index contributed by atoms with van der Waals surface area (Å²) in [5.41, 5.74) is -0.143. The fraction of sp³-hybridized carbons (Fsp3) is 1.00. The zero-order valence-corrected chi connectivity index (χ0v) is 19.4. The summed E-state index contributed by atoms with van der Waals surface area (Å²) in [6, 6.07) is 0. The van der Waals surface area contributed by atoms with E-state index in [0.717, 1.165) is 32.7 Å². The van der Waals surface area contributed by atoms with Crippen LogP contribution in [0, 0.1) is 0 Å². The Hall–Kier alpha value is -0.160. The van der Waals surface area contributed by atoms with Gasteiger partial charge in [-0.2, -0.15) is 0 Å². The van der Waals surface area contributed by atoms with Gasteiger partial charge in [0.2, 0.25) is 0 Å². The Morgan fingerprint density at radius 3 is 1.62 bits per heavy atom. The molecule has 0 spiro atoms. The molecular weight excluding hydrogens is 320 g/mol. The number of rotatable bonds is 17. The van der Waals surface area contributed by atoms with E-state index in [2.05, 4.69) is 76.0 Å². The molecule has 0 aromatic carbocycles. The van der Waals surface area contributed by atoms with E-state index < -0.39 is 0 Å². The lowest BCUT2D eigenvalue weighted by molar-refractivity contribution is -0.142. The van der Waals surface area contributed by atoms with Crippen LogP contribution in [0.1, 0.15) is 100 Å². The fourth-order valence-corrected chi connectivity index (χ4v) is 3.83. The molecule has 1 unspecified atom stereocenters. The Kier molecular flexibility index (Phi) is 13.8. The van der Waals surface area contributed by atoms with Gasteiger partial charge >= 0.3 is 0 Å². The van der Waals surface area contributed by atoms with E-state index >= 15 is 0 Å². The lowest BCUT2D eigenvalue weighted by Gasteiger charge is -2.55. The summed E-state index contributed by atoms with van der Waals surface area (Å²) in [7, 11) is 0. The smallest absolute Gasteiger partial charge is 0.0997 e. The van der Waals surface area contributed by atoms with Crippen molar-refractivity contribution in [2.45, 2.75) is 112 Å². The molecule has 0 bridgehead atoms. The molecule has 0 amide bonds. The third kappa shape index (κ3) is 7.84. The predicted octanol–water partition coefficient (Wildman–Crippen LogP) is 5.01. The van der Waals surface area contributed by atoms with E-state index in [9.17, 15) is 0 Å². The molecule has 0 aliphatic heterocycles. The number of hydrogen-bond acceptors (Lipinski definition) is 4. The Bertz CT molecular complexity index is 328. The van der Waals surface area contributed by atoms with Crippen LogP contribution in [0.4, 0.5) is 0 Å². The quantitative estimate of drug-likeness (QED) is 0.214. The second-order valence-corrected chi connectivity index (χ2v) is 8.17. The van der Waals surface area contributed by atoms with Crippen LogP contribution in [-0.4, -0.2) is 53.9 Å². The van der Waals surface area contributed by atoms with Crippen molar-refractivity contribution in [1.29, 1.82) is 0 Å². The molecule has 0 aromatic heterocycles. The highest BCUT2D eigenvalue weighted by atomic mass is 15.7. The van der Waals surface area contributed by atoms with Gasteiger partial charge in [0, 0.05) is 25.2 Å². The minimum Gasteiger partial charge on any atom is -0.309 e. The molecule has 0 fully saturated rings. The van der Waals surface area contributed by atoms with Crippen molar-refractivity contribution in [3.05, 3.63) is 0 Å². The molecule has 26 heavy (non-hydrogen) atoms. The fourth-order valence-electron chi connectivity index (χ4n) is 3.83. The maximum Gasteiger partial charge on any atom is 0.0997 e. The van der Waals surface area contributed by atoms with Gasteiger partial charge in [-0.15, -0.1) is 0 Å². The van der Waals surface area contributed by atoms with Gasteiger partial charge in [-0.1, -0.05) is 66.7 Å². The summed E-state index contributed by atoms with van der Waals surface area (Å²) in [6.07, 6.45) is 9.04. The summed E-state index contributed by atoms with van der Waals surface area (Å²) < 4.78 is 0. The Balaban J connectivity index is 5.26. The minimum absolute atomic E-state index is 0.0237. The first kappa shape index (κ1) is 25.8. The summed E-state index contributed by atoms with van der Waals surface area (Å²) in [5.74, 6) is 0. The van der Waals surface area contributed by atoms with Crippen molar-refractivity contribution in [1.82, 2.24) is 20.7 Å². The number of unbranched alkanes of at least 4 members (excludes halogenated alkanes) is 5. The third-order valence-corrected chi connectivity index (χ3v) is 5.95. The monoisotopic (exact) mass is 370 g/mol. The van der Waals surface area contributed by atoms with E-state index in [1.54, 1.807) is 0 Å². The van der Waals surface area contributed by atoms with Gasteiger partial charge < -0.3 is 5.32 Å². The number of nitrogens with one attached hydrogen (secondary N) is 2. The molecule has 0 radical (unpaired) electrons. The topological polar surface area (TPSA) is 30.5 Å². The Labute approximate surface area is 165 Å². The van der Waals surface area contributed by atoms with Gasteiger partial charge in [-0.05, 0) is 46.7 Å². The lowest BCUT2D eigenvalue weighted by Crippen LogP contribution is -2.75. The van der Waals surface area contributed by atoms with Crippen molar-refractivity contribution < 1.29 is 0 Å². The normalized spacial score (nSPS) is 15.0. The summed E-state index contributed by atoms with van der Waals surface area (Å²) in [5, 5.41) is 12.9. The zero-order valence-electron chi connectivity index (χ0n) is 19.4. The van der Waals surface area contributed by atoms with Crippen molar-refractivity contribution >= 4 is 0 Å². The molecule has 0 aliphatic carbocycles. The number of nitrogens with zero attached hydrogens (tertiary/aromatic N) is 2. The highest BCUT2D eigenvalue weighted by Crippen LogP contribution is 2.28. The highest BCUT2D eigenvalue weighted by Gasteiger charge is 2.46. The van der Waals surface area contributed by atoms with E-state index in [1.807, 2.05) is 0 Å². The van der Waals surface area contributed by atoms with Gasteiger partial charge in [0.15, 0.2) is 0 Å². The predicted molar refractivity (Wildman–Crippen MR) is 117 cm³/mol. The molecular formula is C22H50N4. The maximum atomic E-state index is 3.96.